The molecule has 1 rings (SSSR count). The lowest BCUT2D eigenvalue weighted by atomic mass is 10.4. The predicted octanol–water partition coefficient (Wildman–Crippen LogP) is 0.257. The molecule has 0 amide bonds. The summed E-state index contributed by atoms with van der Waals surface area (Å²) in [5.41, 5.74) is 0. The van der Waals surface area contributed by atoms with Crippen molar-refractivity contribution in [2.45, 2.75) is 45.7 Å². The Bertz CT molecular complexity index is 363. The van der Waals surface area contributed by atoms with Gasteiger partial charge < -0.3 is 4.74 Å². The number of nitrogens with zero attached hydrogens (tertiary/aromatic N) is 1. The summed E-state index contributed by atoms with van der Waals surface area (Å²) in [5, 5.41) is 0. The van der Waals surface area contributed by atoms with Crippen LogP contribution in [0.2, 0.25) is 0 Å². The third-order valence-electron chi connectivity index (χ3n) is 2.24. The lowest BCUT2D eigenvalue weighted by molar-refractivity contribution is -0.143. The summed E-state index contributed by atoms with van der Waals surface area (Å²) in [6.07, 6.45) is 1.61. The third-order valence-corrected chi connectivity index (χ3v) is 4.05. The maximum atomic E-state index is 12.0. The molecule has 0 atom stereocenters. The van der Waals surface area contributed by atoms with E-state index < -0.39 is 16.2 Å². The Morgan fingerprint density at radius 2 is 2.06 bits per heavy atom. The molecule has 0 saturated heterocycles. The molecule has 0 bridgehead atoms. The number of nitrogens with one attached hydrogen (secondary N) is 1. The highest BCUT2D eigenvalue weighted by atomic mass is 32.2. The monoisotopic (exact) mass is 264 g/mol. The summed E-state index contributed by atoms with van der Waals surface area (Å²) in [5.74, 6) is -0.506. The molecule has 0 aromatic carbocycles. The Balaban J connectivity index is 2.68. The molecule has 0 aromatic rings. The first-order valence-corrected chi connectivity index (χ1v) is 7.25. The van der Waals surface area contributed by atoms with Crippen molar-refractivity contribution in [3.63, 3.8) is 0 Å². The summed E-state index contributed by atoms with van der Waals surface area (Å²) >= 11 is 0. The standard InChI is InChI=1S/C10H20N2O4S/c1-4-16-10(13)7-12(9-5-6-9)17(14,15)11-8(2)3/h8-9,11H,4-7H2,1-3H3. The number of rotatable bonds is 7. The van der Waals surface area contributed by atoms with Gasteiger partial charge in [-0.05, 0) is 33.6 Å². The normalized spacial score (nSPS) is 16.5. The Hall–Kier alpha value is -0.660. The Kier molecular flexibility index (Phi) is 4.91. The first-order chi connectivity index (χ1) is 7.86. The van der Waals surface area contributed by atoms with E-state index in [1.807, 2.05) is 0 Å². The molecule has 0 aliphatic heterocycles. The van der Waals surface area contributed by atoms with Crippen molar-refractivity contribution in [3.8, 4) is 0 Å². The second-order valence-corrected chi connectivity index (χ2v) is 6.01. The molecular weight excluding hydrogens is 244 g/mol. The molecule has 100 valence electrons. The molecule has 1 aliphatic carbocycles. The molecular formula is C10H20N2O4S. The second-order valence-electron chi connectivity index (χ2n) is 4.36. The fourth-order valence-corrected chi connectivity index (χ4v) is 3.08. The van der Waals surface area contributed by atoms with E-state index in [0.717, 1.165) is 12.8 Å². The molecule has 0 unspecified atom stereocenters. The first-order valence-electron chi connectivity index (χ1n) is 5.81. The molecule has 1 fully saturated rings. The van der Waals surface area contributed by atoms with Gasteiger partial charge in [0.25, 0.3) is 10.2 Å². The number of ether oxygens (including phenoxy) is 1. The molecule has 6 nitrogen and oxygen atoms in total. The van der Waals surface area contributed by atoms with Gasteiger partial charge >= 0.3 is 5.97 Å². The Morgan fingerprint density at radius 1 is 1.47 bits per heavy atom. The molecule has 7 heteroatoms. The van der Waals surface area contributed by atoms with E-state index in [4.69, 9.17) is 4.74 Å². The van der Waals surface area contributed by atoms with Crippen molar-refractivity contribution in [1.82, 2.24) is 9.03 Å². The van der Waals surface area contributed by atoms with Crippen molar-refractivity contribution >= 4 is 16.2 Å². The highest BCUT2D eigenvalue weighted by molar-refractivity contribution is 7.87. The molecule has 17 heavy (non-hydrogen) atoms. The lowest BCUT2D eigenvalue weighted by Gasteiger charge is -2.22. The summed E-state index contributed by atoms with van der Waals surface area (Å²) in [6, 6.07) is -0.251. The van der Waals surface area contributed by atoms with E-state index in [2.05, 4.69) is 4.72 Å². The largest absolute Gasteiger partial charge is 0.465 e. The van der Waals surface area contributed by atoms with Crippen LogP contribution in [0.3, 0.4) is 0 Å². The van der Waals surface area contributed by atoms with Crippen molar-refractivity contribution in [2.75, 3.05) is 13.2 Å². The van der Waals surface area contributed by atoms with E-state index >= 15 is 0 Å². The van der Waals surface area contributed by atoms with Gasteiger partial charge in [-0.25, -0.2) is 0 Å². The lowest BCUT2D eigenvalue weighted by Crippen LogP contribution is -2.47. The fourth-order valence-electron chi connectivity index (χ4n) is 1.47. The zero-order valence-electron chi connectivity index (χ0n) is 10.5. The van der Waals surface area contributed by atoms with E-state index in [-0.39, 0.29) is 25.2 Å². The van der Waals surface area contributed by atoms with Crippen LogP contribution >= 0.6 is 0 Å². The van der Waals surface area contributed by atoms with E-state index in [9.17, 15) is 13.2 Å². The van der Waals surface area contributed by atoms with Gasteiger partial charge in [0.05, 0.1) is 6.61 Å². The van der Waals surface area contributed by atoms with Gasteiger partial charge in [-0.2, -0.15) is 17.4 Å². The maximum absolute atomic E-state index is 12.0. The van der Waals surface area contributed by atoms with Crippen LogP contribution in [0.4, 0.5) is 0 Å². The van der Waals surface area contributed by atoms with Crippen molar-refractivity contribution in [2.24, 2.45) is 0 Å². The van der Waals surface area contributed by atoms with Crippen molar-refractivity contribution in [1.29, 1.82) is 0 Å². The summed E-state index contributed by atoms with van der Waals surface area (Å²) < 4.78 is 32.4. The highest BCUT2D eigenvalue weighted by Gasteiger charge is 2.38. The SMILES string of the molecule is CCOC(=O)CN(C1CC1)S(=O)(=O)NC(C)C. The van der Waals surface area contributed by atoms with Crippen LogP contribution in [0.5, 0.6) is 0 Å². The fraction of sp³-hybridized carbons (Fsp3) is 0.900. The molecule has 1 aliphatic rings. The van der Waals surface area contributed by atoms with Gasteiger partial charge in [-0.1, -0.05) is 0 Å². The number of carbonyl (C=O) groups excluding carboxylic acids is 1. The average Bonchev–Trinajstić information content (AvgIpc) is 2.95. The zero-order chi connectivity index (χ0) is 13.1. The minimum absolute atomic E-state index is 0.0596. The molecule has 0 aromatic heterocycles. The topological polar surface area (TPSA) is 75.7 Å². The van der Waals surface area contributed by atoms with Crippen molar-refractivity contribution < 1.29 is 17.9 Å². The molecule has 0 spiro atoms. The van der Waals surface area contributed by atoms with Crippen LogP contribution in [0.1, 0.15) is 33.6 Å². The predicted molar refractivity (Wildman–Crippen MR) is 63.6 cm³/mol. The summed E-state index contributed by atoms with van der Waals surface area (Å²) in [6.45, 7) is 5.23. The van der Waals surface area contributed by atoms with Gasteiger partial charge in [-0.15, -0.1) is 0 Å². The minimum atomic E-state index is -3.59. The van der Waals surface area contributed by atoms with Gasteiger partial charge in [0.2, 0.25) is 0 Å². The van der Waals surface area contributed by atoms with Crippen LogP contribution in [0.15, 0.2) is 0 Å². The smallest absolute Gasteiger partial charge is 0.321 e. The molecule has 0 heterocycles. The van der Waals surface area contributed by atoms with Crippen LogP contribution in [-0.2, 0) is 19.7 Å². The first kappa shape index (κ1) is 14.4. The second kappa shape index (κ2) is 5.79. The third kappa shape index (κ3) is 4.61. The molecule has 0 radical (unpaired) electrons. The number of hydrogen-bond acceptors (Lipinski definition) is 4. The summed E-state index contributed by atoms with van der Waals surface area (Å²) in [7, 11) is -3.59. The van der Waals surface area contributed by atoms with Crippen LogP contribution < -0.4 is 4.72 Å². The zero-order valence-corrected chi connectivity index (χ0v) is 11.3. The van der Waals surface area contributed by atoms with E-state index in [1.54, 1.807) is 20.8 Å². The van der Waals surface area contributed by atoms with Gasteiger partial charge in [0, 0.05) is 12.1 Å². The van der Waals surface area contributed by atoms with Gasteiger partial charge in [-0.3, -0.25) is 4.79 Å². The minimum Gasteiger partial charge on any atom is -0.465 e. The Labute approximate surface area is 102 Å². The molecule has 1 N–H and O–H groups in total. The van der Waals surface area contributed by atoms with E-state index in [0.29, 0.717) is 0 Å². The van der Waals surface area contributed by atoms with Gasteiger partial charge in [0.1, 0.15) is 6.54 Å². The molecule has 1 saturated carbocycles. The van der Waals surface area contributed by atoms with Crippen molar-refractivity contribution in [3.05, 3.63) is 0 Å². The summed E-state index contributed by atoms with van der Waals surface area (Å²) in [4.78, 5) is 11.4. The Morgan fingerprint density at radius 3 is 2.47 bits per heavy atom. The average molecular weight is 264 g/mol. The quantitative estimate of drug-likeness (QED) is 0.669. The van der Waals surface area contributed by atoms with Gasteiger partial charge in [0.15, 0.2) is 0 Å². The van der Waals surface area contributed by atoms with Crippen LogP contribution in [0.25, 0.3) is 0 Å². The number of carbonyl (C=O) groups is 1. The number of esters is 1. The van der Waals surface area contributed by atoms with Crippen LogP contribution in [0, 0.1) is 0 Å². The maximum Gasteiger partial charge on any atom is 0.321 e. The number of hydrogen-bond donors (Lipinski definition) is 1. The van der Waals surface area contributed by atoms with Crippen LogP contribution in [-0.4, -0.2) is 43.9 Å². The highest BCUT2D eigenvalue weighted by Crippen LogP contribution is 2.28. The van der Waals surface area contributed by atoms with E-state index in [1.165, 1.54) is 4.31 Å².